The van der Waals surface area contributed by atoms with Crippen LogP contribution in [0.2, 0.25) is 0 Å². The molecular weight excluding hydrogens is 774 g/mol. The van der Waals surface area contributed by atoms with Crippen LogP contribution in [0.3, 0.4) is 0 Å². The lowest BCUT2D eigenvalue weighted by molar-refractivity contribution is -0.216. The summed E-state index contributed by atoms with van der Waals surface area (Å²) in [6, 6.07) is 0. The smallest absolute Gasteiger partial charge is 0.456 e. The Bertz CT molecular complexity index is 1680. The molecule has 0 aromatic carbocycles. The third kappa shape index (κ3) is 23.4. The number of terminal acetylenes is 1. The number of carbonyl (C=O) groups is 2. The molecule has 0 aromatic heterocycles. The van der Waals surface area contributed by atoms with E-state index in [1.165, 1.54) is 44.9 Å². The van der Waals surface area contributed by atoms with E-state index in [0.717, 1.165) is 32.1 Å². The molecule has 308 valence electrons. The van der Waals surface area contributed by atoms with Gasteiger partial charge in [-0.3, -0.25) is 18.4 Å². The normalized spacial score (nSPS) is 21.5. The van der Waals surface area contributed by atoms with Gasteiger partial charge in [0, 0.05) is 12.3 Å². The number of ether oxygens (including phenoxy) is 2. The van der Waals surface area contributed by atoms with Crippen LogP contribution < -0.4 is 0 Å². The molecular formula is C38H50O16P2. The quantitative estimate of drug-likeness (QED) is 0.0242. The molecule has 16 nitrogen and oxygen atoms in total. The first-order valence-electron chi connectivity index (χ1n) is 18.1. The summed E-state index contributed by atoms with van der Waals surface area (Å²) in [5, 5.41) is 41.1. The van der Waals surface area contributed by atoms with Crippen LogP contribution in [0, 0.1) is 71.5 Å². The van der Waals surface area contributed by atoms with Crippen molar-refractivity contribution >= 4 is 27.6 Å². The molecule has 0 heterocycles. The molecule has 1 fully saturated rings. The average Bonchev–Trinajstić information content (AvgIpc) is 3.14. The molecule has 5 unspecified atom stereocenters. The van der Waals surface area contributed by atoms with Gasteiger partial charge in [0.2, 0.25) is 0 Å². The molecule has 1 aliphatic carbocycles. The van der Waals surface area contributed by atoms with Crippen molar-refractivity contribution in [2.24, 2.45) is 0 Å². The highest BCUT2D eigenvalue weighted by Crippen LogP contribution is 2.48. The van der Waals surface area contributed by atoms with Gasteiger partial charge in [-0.25, -0.2) is 13.9 Å². The van der Waals surface area contributed by atoms with Crippen molar-refractivity contribution < 1.29 is 76.9 Å². The minimum Gasteiger partial charge on any atom is -0.456 e. The number of phosphoric ester groups is 2. The second-order valence-corrected chi connectivity index (χ2v) is 15.1. The summed E-state index contributed by atoms with van der Waals surface area (Å²) in [4.78, 5) is 53.2. The lowest BCUT2D eigenvalue weighted by Crippen LogP contribution is -2.64. The van der Waals surface area contributed by atoms with E-state index in [4.69, 9.17) is 34.7 Å². The van der Waals surface area contributed by atoms with E-state index >= 15 is 0 Å². The molecule has 56 heavy (non-hydrogen) atoms. The van der Waals surface area contributed by atoms with Gasteiger partial charge in [-0.2, -0.15) is 0 Å². The zero-order valence-corrected chi connectivity index (χ0v) is 32.9. The van der Waals surface area contributed by atoms with Crippen molar-refractivity contribution in [3.05, 3.63) is 0 Å². The number of rotatable bonds is 24. The highest BCUT2D eigenvalue weighted by Gasteiger charge is 2.54. The summed E-state index contributed by atoms with van der Waals surface area (Å²) >= 11 is 0. The summed E-state index contributed by atoms with van der Waals surface area (Å²) in [6.07, 6.45) is 3.91. The number of unbranched alkanes of at least 4 members (excludes halogenated alkanes) is 12. The zero-order valence-electron chi connectivity index (χ0n) is 31.1. The Morgan fingerprint density at radius 1 is 0.625 bits per heavy atom. The van der Waals surface area contributed by atoms with Crippen molar-refractivity contribution in [3.63, 3.8) is 0 Å². The van der Waals surface area contributed by atoms with Crippen LogP contribution in [0.4, 0.5) is 0 Å². The summed E-state index contributed by atoms with van der Waals surface area (Å²) in [5.41, 5.74) is 0. The van der Waals surface area contributed by atoms with E-state index in [-0.39, 0.29) is 6.42 Å². The molecule has 1 aliphatic rings. The summed E-state index contributed by atoms with van der Waals surface area (Å²) in [7, 11) is -10.7. The van der Waals surface area contributed by atoms with Gasteiger partial charge in [0.15, 0.2) is 6.10 Å². The predicted octanol–water partition coefficient (Wildman–Crippen LogP) is 2.01. The third-order valence-electron chi connectivity index (χ3n) is 7.90. The zero-order chi connectivity index (χ0) is 41.8. The summed E-state index contributed by atoms with van der Waals surface area (Å²) < 4.78 is 48.1. The maximum Gasteiger partial charge on any atom is 0.472 e. The fourth-order valence-electron chi connectivity index (χ4n) is 5.14. The van der Waals surface area contributed by atoms with Crippen molar-refractivity contribution in [2.75, 3.05) is 13.2 Å². The SMILES string of the molecule is C#CC#CC#CC#CC#CC#CC(=O)OC[C@@H](COP(=O)(O)OC1C(O)[C@H](O)C(OP(=O)(O)O)C(O)[C@@H]1O)OC(=O)CCCCCCCCCCCCCCC. The van der Waals surface area contributed by atoms with E-state index in [0.29, 0.717) is 6.42 Å². The van der Waals surface area contributed by atoms with Crippen LogP contribution in [0.1, 0.15) is 96.8 Å². The molecule has 0 saturated heterocycles. The third-order valence-corrected chi connectivity index (χ3v) is 9.41. The van der Waals surface area contributed by atoms with Crippen molar-refractivity contribution in [2.45, 2.75) is 140 Å². The number of aliphatic hydroxyl groups excluding tert-OH is 4. The van der Waals surface area contributed by atoms with Gasteiger partial charge in [0.05, 0.1) is 6.61 Å². The first kappa shape index (κ1) is 50.4. The second-order valence-electron chi connectivity index (χ2n) is 12.5. The first-order chi connectivity index (χ1) is 26.6. The number of phosphoric acid groups is 2. The van der Waals surface area contributed by atoms with Gasteiger partial charge < -0.3 is 44.6 Å². The fourth-order valence-corrected chi connectivity index (χ4v) is 6.68. The molecule has 0 aromatic rings. The molecule has 0 bridgehead atoms. The average molecular weight is 825 g/mol. The Kier molecular flexibility index (Phi) is 25.8. The van der Waals surface area contributed by atoms with Gasteiger partial charge in [-0.15, -0.1) is 6.42 Å². The lowest BCUT2D eigenvalue weighted by Gasteiger charge is -2.43. The van der Waals surface area contributed by atoms with Gasteiger partial charge in [-0.1, -0.05) is 84.0 Å². The van der Waals surface area contributed by atoms with Gasteiger partial charge in [0.25, 0.3) is 0 Å². The van der Waals surface area contributed by atoms with Gasteiger partial charge >= 0.3 is 27.6 Å². The number of aliphatic hydroxyl groups is 4. The van der Waals surface area contributed by atoms with E-state index in [1.54, 1.807) is 0 Å². The maximum absolute atomic E-state index is 12.8. The molecule has 8 atom stereocenters. The number of hydrogen-bond acceptors (Lipinski definition) is 13. The van der Waals surface area contributed by atoms with Crippen molar-refractivity contribution in [3.8, 4) is 71.5 Å². The Hall–Kier alpha value is -3.64. The van der Waals surface area contributed by atoms with E-state index in [2.05, 4.69) is 70.7 Å². The molecule has 0 aliphatic heterocycles. The van der Waals surface area contributed by atoms with E-state index in [1.807, 2.05) is 5.92 Å². The molecule has 7 N–H and O–H groups in total. The second kappa shape index (κ2) is 28.7. The molecule has 1 rings (SSSR count). The van der Waals surface area contributed by atoms with Crippen LogP contribution in [0.15, 0.2) is 0 Å². The summed E-state index contributed by atoms with van der Waals surface area (Å²) in [6.45, 7) is 0.543. The van der Waals surface area contributed by atoms with Gasteiger partial charge in [0.1, 0.15) is 43.2 Å². The Balaban J connectivity index is 2.79. The number of carbonyl (C=O) groups excluding carboxylic acids is 2. The fraction of sp³-hybridized carbons (Fsp3) is 0.632. The topological polar surface area (TPSA) is 256 Å². The van der Waals surface area contributed by atoms with Crippen LogP contribution in [0.5, 0.6) is 0 Å². The van der Waals surface area contributed by atoms with Crippen LogP contribution >= 0.6 is 15.6 Å². The minimum atomic E-state index is -5.34. The van der Waals surface area contributed by atoms with Crippen molar-refractivity contribution in [1.29, 1.82) is 0 Å². The standard InChI is InChI=1S/C38H50O16P2/c1-3-5-7-9-11-13-15-16-17-19-21-23-25-27-32(40)52-30(28-50-31(39)26-24-22-20-18-14-12-10-8-6-4-2)29-51-56(48,49)54-38-35(43)33(41)37(34(42)36(38)44)53-55(45,46)47/h2,30,33-38,41-44H,3,5,7,9,11,13,15-17,19,21,23,25,27-29H2,1H3,(H,48,49)(H2,45,46,47)/t30-,33-,34?,35?,36-,37?,38?/m0/s1. The summed E-state index contributed by atoms with van der Waals surface area (Å²) in [5.74, 6) is 23.1. The Morgan fingerprint density at radius 2 is 1.05 bits per heavy atom. The van der Waals surface area contributed by atoms with Crippen LogP contribution in [-0.2, 0) is 41.8 Å². The Morgan fingerprint density at radius 3 is 1.52 bits per heavy atom. The molecule has 0 amide bonds. The molecule has 18 heteroatoms. The van der Waals surface area contributed by atoms with Crippen LogP contribution in [0.25, 0.3) is 0 Å². The first-order valence-corrected chi connectivity index (χ1v) is 21.1. The minimum absolute atomic E-state index is 0.0269. The van der Waals surface area contributed by atoms with Crippen LogP contribution in [-0.4, -0.2) is 103 Å². The predicted molar refractivity (Wildman–Crippen MR) is 200 cm³/mol. The number of esters is 2. The van der Waals surface area contributed by atoms with Gasteiger partial charge in [-0.05, 0) is 65.6 Å². The van der Waals surface area contributed by atoms with E-state index in [9.17, 15) is 44.0 Å². The number of hydrogen-bond donors (Lipinski definition) is 7. The highest BCUT2D eigenvalue weighted by molar-refractivity contribution is 7.47. The van der Waals surface area contributed by atoms with Crippen molar-refractivity contribution in [1.82, 2.24) is 0 Å². The monoisotopic (exact) mass is 824 g/mol. The maximum atomic E-state index is 12.8. The highest BCUT2D eigenvalue weighted by atomic mass is 31.2. The largest absolute Gasteiger partial charge is 0.472 e. The lowest BCUT2D eigenvalue weighted by atomic mass is 9.85. The molecule has 0 radical (unpaired) electrons. The molecule has 1 saturated carbocycles. The van der Waals surface area contributed by atoms with E-state index < -0.39 is 83.5 Å². The Labute approximate surface area is 328 Å². The molecule has 0 spiro atoms.